The molecule has 7 N–H and O–H groups in total. The van der Waals surface area contributed by atoms with E-state index in [1.807, 2.05) is 0 Å². The fourth-order valence-electron chi connectivity index (χ4n) is 3.74. The maximum absolute atomic E-state index is 12.8. The smallest absolute Gasteiger partial charge is 0.331 e. The molecule has 0 bridgehead atoms. The average Bonchev–Trinajstić information content (AvgIpc) is 2.87. The summed E-state index contributed by atoms with van der Waals surface area (Å²) in [6.45, 7) is -0.00737. The van der Waals surface area contributed by atoms with Crippen LogP contribution in [-0.2, 0) is 24.0 Å². The molecule has 3 amide bonds. The lowest BCUT2D eigenvalue weighted by molar-refractivity contribution is -0.160. The number of carboxylic acid groups (broad SMARTS) is 2. The van der Waals surface area contributed by atoms with E-state index in [4.69, 9.17) is 15.6 Å². The Morgan fingerprint density at radius 3 is 2.22 bits per heavy atom. The summed E-state index contributed by atoms with van der Waals surface area (Å²) in [6.07, 6.45) is 0.429. The molecule has 3 rings (SSSR count). The number of hydrogen-bond donors (Lipinski definition) is 6. The molecule has 2 aromatic carbocycles. The summed E-state index contributed by atoms with van der Waals surface area (Å²) in [7, 11) is 0. The Balaban J connectivity index is 1.61. The molecule has 0 radical (unpaired) electrons. The molecule has 13 heteroatoms. The van der Waals surface area contributed by atoms with E-state index in [-0.39, 0.29) is 30.9 Å². The van der Waals surface area contributed by atoms with Crippen LogP contribution < -0.4 is 21.1 Å². The molecule has 0 aliphatic carbocycles. The number of nitrogens with zero attached hydrogens (tertiary/aromatic N) is 1. The number of nitrogens with one attached hydrogen (secondary N) is 2. The lowest BCUT2D eigenvalue weighted by atomic mass is 9.97. The van der Waals surface area contributed by atoms with E-state index in [0.29, 0.717) is 17.7 Å². The number of hydrogen-bond acceptors (Lipinski definition) is 8. The van der Waals surface area contributed by atoms with Crippen LogP contribution in [0.4, 0.5) is 0 Å². The summed E-state index contributed by atoms with van der Waals surface area (Å²) in [5.74, 6) is -3.35. The molecule has 0 spiro atoms. The number of amides is 3. The van der Waals surface area contributed by atoms with Gasteiger partial charge in [0.1, 0.15) is 29.6 Å². The number of carboxylic acids is 2. The standard InChI is InChI=1S/C24H26N4O9/c25-17(23(33)34)9-10-37-16-7-3-13(4-8-16)19(26-12-29)21(31)27-18-11-28(22(18)32)20(24(35)36)14-1-5-15(30)6-2-14/h1-8,12,17-20,30H,9-11,25H2,(H,26,29)(H,27,31)(H,33,34)(H,35,36)/t17-,18?,19-,20+/m0/s1. The van der Waals surface area contributed by atoms with Gasteiger partial charge in [-0.3, -0.25) is 19.2 Å². The van der Waals surface area contributed by atoms with Crippen molar-refractivity contribution >= 4 is 30.2 Å². The van der Waals surface area contributed by atoms with Gasteiger partial charge in [0.15, 0.2) is 6.04 Å². The Morgan fingerprint density at radius 1 is 1.05 bits per heavy atom. The van der Waals surface area contributed by atoms with Gasteiger partial charge in [-0.05, 0) is 35.4 Å². The molecular weight excluding hydrogens is 488 g/mol. The Bertz CT molecular complexity index is 1150. The predicted octanol–water partition coefficient (Wildman–Crippen LogP) is -0.487. The highest BCUT2D eigenvalue weighted by molar-refractivity contribution is 5.97. The van der Waals surface area contributed by atoms with Crippen LogP contribution in [0.5, 0.6) is 11.5 Å². The maximum Gasteiger partial charge on any atom is 0.331 e. The number of phenols is 1. The third kappa shape index (κ3) is 6.52. The van der Waals surface area contributed by atoms with Gasteiger partial charge >= 0.3 is 11.9 Å². The van der Waals surface area contributed by atoms with Crippen molar-refractivity contribution in [3.05, 3.63) is 59.7 Å². The quantitative estimate of drug-likeness (QED) is 0.149. The first-order valence-electron chi connectivity index (χ1n) is 11.2. The van der Waals surface area contributed by atoms with Crippen LogP contribution in [0, 0.1) is 0 Å². The van der Waals surface area contributed by atoms with Gasteiger partial charge in [0.05, 0.1) is 13.2 Å². The van der Waals surface area contributed by atoms with Gasteiger partial charge in [-0.25, -0.2) is 4.79 Å². The van der Waals surface area contributed by atoms with E-state index >= 15 is 0 Å². The van der Waals surface area contributed by atoms with Gasteiger partial charge in [-0.2, -0.15) is 0 Å². The van der Waals surface area contributed by atoms with Gasteiger partial charge in [-0.15, -0.1) is 0 Å². The molecule has 1 heterocycles. The van der Waals surface area contributed by atoms with E-state index in [9.17, 15) is 34.2 Å². The summed E-state index contributed by atoms with van der Waals surface area (Å²) in [6, 6.07) is 7.04. The number of nitrogens with two attached hydrogens (primary N) is 1. The minimum atomic E-state index is -1.29. The minimum Gasteiger partial charge on any atom is -0.508 e. The van der Waals surface area contributed by atoms with Crippen LogP contribution in [0.2, 0.25) is 0 Å². The van der Waals surface area contributed by atoms with E-state index in [1.54, 1.807) is 0 Å². The van der Waals surface area contributed by atoms with Crippen LogP contribution in [-0.4, -0.2) is 75.6 Å². The second-order valence-electron chi connectivity index (χ2n) is 8.25. The second-order valence-corrected chi connectivity index (χ2v) is 8.25. The summed E-state index contributed by atoms with van der Waals surface area (Å²) < 4.78 is 5.44. The van der Waals surface area contributed by atoms with Crippen molar-refractivity contribution in [3.8, 4) is 11.5 Å². The van der Waals surface area contributed by atoms with Crippen LogP contribution in [0.3, 0.4) is 0 Å². The summed E-state index contributed by atoms with van der Waals surface area (Å²) in [5.41, 5.74) is 6.09. The highest BCUT2D eigenvalue weighted by Gasteiger charge is 2.45. The fourth-order valence-corrected chi connectivity index (χ4v) is 3.74. The monoisotopic (exact) mass is 514 g/mol. The van der Waals surface area contributed by atoms with E-state index in [2.05, 4.69) is 10.6 Å². The number of aromatic hydroxyl groups is 1. The van der Waals surface area contributed by atoms with Crippen LogP contribution >= 0.6 is 0 Å². The number of carbonyl (C=O) groups is 5. The largest absolute Gasteiger partial charge is 0.508 e. The Morgan fingerprint density at radius 2 is 1.68 bits per heavy atom. The van der Waals surface area contributed by atoms with Gasteiger partial charge in [-0.1, -0.05) is 24.3 Å². The average molecular weight is 514 g/mol. The van der Waals surface area contributed by atoms with Crippen molar-refractivity contribution < 1.29 is 44.0 Å². The molecule has 37 heavy (non-hydrogen) atoms. The highest BCUT2D eigenvalue weighted by atomic mass is 16.5. The Labute approximate surface area is 210 Å². The van der Waals surface area contributed by atoms with Crippen LogP contribution in [0.25, 0.3) is 0 Å². The van der Waals surface area contributed by atoms with Crippen molar-refractivity contribution in [3.63, 3.8) is 0 Å². The lowest BCUT2D eigenvalue weighted by Gasteiger charge is -2.42. The van der Waals surface area contributed by atoms with Gasteiger partial charge in [0.2, 0.25) is 18.2 Å². The molecule has 196 valence electrons. The van der Waals surface area contributed by atoms with Crippen LogP contribution in [0.15, 0.2) is 48.5 Å². The molecule has 1 saturated heterocycles. The highest BCUT2D eigenvalue weighted by Crippen LogP contribution is 2.29. The van der Waals surface area contributed by atoms with E-state index in [1.165, 1.54) is 48.5 Å². The molecule has 0 aromatic heterocycles. The van der Waals surface area contributed by atoms with E-state index < -0.39 is 47.9 Å². The summed E-state index contributed by atoms with van der Waals surface area (Å²) in [4.78, 5) is 60.3. The Kier molecular flexibility index (Phi) is 8.64. The minimum absolute atomic E-state index is 0.0522. The number of carbonyl (C=O) groups excluding carboxylic acids is 3. The number of phenolic OH excluding ortho intramolecular Hbond substituents is 1. The van der Waals surface area contributed by atoms with Gasteiger partial charge in [0.25, 0.3) is 0 Å². The number of likely N-dealkylation sites (tertiary alicyclic amines) is 1. The fraction of sp³-hybridized carbons (Fsp3) is 0.292. The molecule has 2 aromatic rings. The number of aliphatic carboxylic acids is 2. The number of benzene rings is 2. The molecule has 1 aliphatic rings. The molecule has 1 aliphatic heterocycles. The van der Waals surface area contributed by atoms with Gasteiger partial charge < -0.3 is 41.3 Å². The number of ether oxygens (including phenoxy) is 1. The third-order valence-electron chi connectivity index (χ3n) is 5.76. The van der Waals surface area contributed by atoms with Crippen molar-refractivity contribution in [1.29, 1.82) is 0 Å². The molecule has 13 nitrogen and oxygen atoms in total. The predicted molar refractivity (Wildman–Crippen MR) is 126 cm³/mol. The number of β-lactam (4-membered cyclic amide) rings is 1. The zero-order valence-electron chi connectivity index (χ0n) is 19.4. The lowest BCUT2D eigenvalue weighted by Crippen LogP contribution is -2.66. The van der Waals surface area contributed by atoms with Crippen molar-refractivity contribution in [2.24, 2.45) is 5.73 Å². The zero-order valence-corrected chi connectivity index (χ0v) is 19.4. The molecular formula is C24H26N4O9. The molecule has 0 saturated carbocycles. The normalized spacial score (nSPS) is 17.1. The third-order valence-corrected chi connectivity index (χ3v) is 5.76. The first kappa shape index (κ1) is 26.9. The first-order chi connectivity index (χ1) is 17.6. The molecule has 1 unspecified atom stereocenters. The Hall–Kier alpha value is -4.65. The second kappa shape index (κ2) is 11.9. The van der Waals surface area contributed by atoms with E-state index in [0.717, 1.165) is 4.90 Å². The van der Waals surface area contributed by atoms with Gasteiger partial charge in [0, 0.05) is 6.42 Å². The molecule has 1 fully saturated rings. The van der Waals surface area contributed by atoms with Crippen molar-refractivity contribution in [2.75, 3.05) is 13.2 Å². The van der Waals surface area contributed by atoms with Crippen LogP contribution in [0.1, 0.15) is 29.6 Å². The zero-order chi connectivity index (χ0) is 27.1. The summed E-state index contributed by atoms with van der Waals surface area (Å²) in [5, 5.41) is 32.7. The number of rotatable bonds is 13. The SMILES string of the molecule is N[C@@H](CCOc1ccc([C@H](NC=O)C(=O)NC2CN([C@@H](C(=O)O)c3ccc(O)cc3)C2=O)cc1)C(=O)O. The first-order valence-corrected chi connectivity index (χ1v) is 11.2. The molecule has 4 atom stereocenters. The van der Waals surface area contributed by atoms with Crippen molar-refractivity contribution in [1.82, 2.24) is 15.5 Å². The summed E-state index contributed by atoms with van der Waals surface area (Å²) >= 11 is 0. The van der Waals surface area contributed by atoms with Crippen molar-refractivity contribution in [2.45, 2.75) is 30.6 Å². The topological polar surface area (TPSA) is 209 Å². The maximum atomic E-state index is 12.8.